The predicted molar refractivity (Wildman–Crippen MR) is 98.5 cm³/mol. The Morgan fingerprint density at radius 1 is 0.840 bits per heavy atom. The van der Waals surface area contributed by atoms with E-state index in [1.54, 1.807) is 6.07 Å². The molecule has 25 heavy (non-hydrogen) atoms. The Morgan fingerprint density at radius 2 is 1.56 bits per heavy atom. The maximum absolute atomic E-state index is 10.5. The van der Waals surface area contributed by atoms with Crippen LogP contribution in [0.15, 0.2) is 79.0 Å². The molecule has 0 spiro atoms. The van der Waals surface area contributed by atoms with Crippen molar-refractivity contribution in [1.82, 2.24) is 4.98 Å². The molecule has 1 aromatic heterocycles. The molecule has 0 aliphatic heterocycles. The summed E-state index contributed by atoms with van der Waals surface area (Å²) in [5.41, 5.74) is 4.66. The molecule has 4 rings (SSSR count). The fourth-order valence-corrected chi connectivity index (χ4v) is 3.34. The number of nitrogens with zero attached hydrogens (tertiary/aromatic N) is 1. The van der Waals surface area contributed by atoms with E-state index < -0.39 is 0 Å². The number of nitrogens with one attached hydrogen (secondary N) is 1. The van der Waals surface area contributed by atoms with Gasteiger partial charge in [-0.25, -0.2) is 0 Å². The van der Waals surface area contributed by atoms with Crippen LogP contribution in [0, 0.1) is 11.3 Å². The number of rotatable bonds is 3. The second-order valence-electron chi connectivity index (χ2n) is 6.02. The topological polar surface area (TPSA) is 59.8 Å². The van der Waals surface area contributed by atoms with Gasteiger partial charge in [0, 0.05) is 28.6 Å². The molecule has 2 N–H and O–H groups in total. The van der Waals surface area contributed by atoms with Crippen molar-refractivity contribution in [3.05, 3.63) is 101 Å². The largest absolute Gasteiger partial charge is 0.508 e. The summed E-state index contributed by atoms with van der Waals surface area (Å²) in [7, 11) is 0. The van der Waals surface area contributed by atoms with E-state index in [4.69, 9.17) is 5.26 Å². The molecule has 3 nitrogen and oxygen atoms in total. The minimum absolute atomic E-state index is 0.120. The van der Waals surface area contributed by atoms with Crippen molar-refractivity contribution in [3.8, 4) is 11.8 Å². The lowest BCUT2D eigenvalue weighted by atomic mass is 9.84. The van der Waals surface area contributed by atoms with E-state index in [1.165, 1.54) is 0 Å². The smallest absolute Gasteiger partial charge is 0.119 e. The molecular weight excluding hydrogens is 308 g/mol. The first-order chi connectivity index (χ1) is 12.3. The molecule has 0 radical (unpaired) electrons. The Bertz CT molecular complexity index is 1070. The quantitative estimate of drug-likeness (QED) is 0.561. The van der Waals surface area contributed by atoms with E-state index in [0.29, 0.717) is 5.56 Å². The van der Waals surface area contributed by atoms with Crippen LogP contribution in [0.2, 0.25) is 0 Å². The van der Waals surface area contributed by atoms with Gasteiger partial charge in [0.15, 0.2) is 0 Å². The van der Waals surface area contributed by atoms with E-state index in [0.717, 1.165) is 27.6 Å². The minimum Gasteiger partial charge on any atom is -0.508 e. The zero-order valence-electron chi connectivity index (χ0n) is 13.5. The molecular formula is C22H16N2O. The normalized spacial score (nSPS) is 12.0. The van der Waals surface area contributed by atoms with Crippen molar-refractivity contribution in [2.24, 2.45) is 0 Å². The number of hydrogen-bond donors (Lipinski definition) is 2. The number of fused-ring (bicyclic) bond motifs is 1. The Hall–Kier alpha value is -3.51. The van der Waals surface area contributed by atoms with Crippen molar-refractivity contribution >= 4 is 10.9 Å². The Labute approximate surface area is 145 Å². The Balaban J connectivity index is 1.95. The van der Waals surface area contributed by atoms with Crippen molar-refractivity contribution < 1.29 is 5.11 Å². The molecule has 1 unspecified atom stereocenters. The van der Waals surface area contributed by atoms with Gasteiger partial charge in [0.25, 0.3) is 0 Å². The van der Waals surface area contributed by atoms with Crippen LogP contribution in [-0.4, -0.2) is 10.1 Å². The van der Waals surface area contributed by atoms with Gasteiger partial charge < -0.3 is 10.1 Å². The van der Waals surface area contributed by atoms with Gasteiger partial charge in [0.2, 0.25) is 0 Å². The van der Waals surface area contributed by atoms with Gasteiger partial charge in [0.1, 0.15) is 5.75 Å². The number of nitriles is 1. The summed E-state index contributed by atoms with van der Waals surface area (Å²) in [6.07, 6.45) is 2.00. The van der Waals surface area contributed by atoms with Crippen LogP contribution >= 0.6 is 0 Å². The summed E-state index contributed by atoms with van der Waals surface area (Å²) in [5, 5.41) is 20.6. The van der Waals surface area contributed by atoms with Gasteiger partial charge in [-0.15, -0.1) is 0 Å². The summed E-state index contributed by atoms with van der Waals surface area (Å²) in [5.74, 6) is 0.146. The van der Waals surface area contributed by atoms with Gasteiger partial charge in [-0.05, 0) is 35.4 Å². The van der Waals surface area contributed by atoms with Gasteiger partial charge in [0.05, 0.1) is 11.6 Å². The molecule has 0 aliphatic rings. The third-order valence-electron chi connectivity index (χ3n) is 4.55. The summed E-state index contributed by atoms with van der Waals surface area (Å²) in [6, 6.07) is 25.2. The Kier molecular flexibility index (Phi) is 3.72. The van der Waals surface area contributed by atoms with Crippen LogP contribution in [-0.2, 0) is 0 Å². The second-order valence-corrected chi connectivity index (χ2v) is 6.02. The average Bonchev–Trinajstić information content (AvgIpc) is 3.08. The highest BCUT2D eigenvalue weighted by Gasteiger charge is 2.22. The molecule has 3 heteroatoms. The average molecular weight is 324 g/mol. The third kappa shape index (κ3) is 2.64. The fourth-order valence-electron chi connectivity index (χ4n) is 3.34. The molecule has 0 bridgehead atoms. The highest BCUT2D eigenvalue weighted by atomic mass is 16.3. The number of phenols is 1. The van der Waals surface area contributed by atoms with E-state index in [-0.39, 0.29) is 11.7 Å². The number of hydrogen-bond acceptors (Lipinski definition) is 2. The first-order valence-electron chi connectivity index (χ1n) is 8.12. The number of phenolic OH excluding ortho intramolecular Hbond substituents is 1. The first kappa shape index (κ1) is 15.0. The summed E-state index contributed by atoms with van der Waals surface area (Å²) in [6.45, 7) is 0. The molecule has 3 aromatic carbocycles. The Morgan fingerprint density at radius 3 is 2.32 bits per heavy atom. The van der Waals surface area contributed by atoms with Gasteiger partial charge in [-0.3, -0.25) is 0 Å². The molecule has 0 amide bonds. The van der Waals surface area contributed by atoms with Gasteiger partial charge >= 0.3 is 0 Å². The van der Waals surface area contributed by atoms with E-state index in [2.05, 4.69) is 17.1 Å². The second kappa shape index (κ2) is 6.18. The molecule has 4 aromatic rings. The first-order valence-corrected chi connectivity index (χ1v) is 8.12. The number of para-hydroxylation sites is 2. The van der Waals surface area contributed by atoms with Crippen LogP contribution in [0.25, 0.3) is 10.9 Å². The van der Waals surface area contributed by atoms with E-state index >= 15 is 0 Å². The highest BCUT2D eigenvalue weighted by Crippen LogP contribution is 2.39. The van der Waals surface area contributed by atoms with Crippen LogP contribution in [0.1, 0.15) is 28.2 Å². The lowest BCUT2D eigenvalue weighted by molar-refractivity contribution is 0.467. The molecule has 0 saturated carbocycles. The van der Waals surface area contributed by atoms with Gasteiger partial charge in [-0.2, -0.15) is 5.26 Å². The van der Waals surface area contributed by atoms with E-state index in [1.807, 2.05) is 66.9 Å². The molecule has 0 fully saturated rings. The number of H-pyrrole nitrogens is 1. The van der Waals surface area contributed by atoms with Crippen LogP contribution in [0.5, 0.6) is 5.75 Å². The highest BCUT2D eigenvalue weighted by molar-refractivity contribution is 5.85. The maximum atomic E-state index is 10.5. The lowest BCUT2D eigenvalue weighted by Gasteiger charge is -2.19. The molecule has 1 atom stereocenters. The van der Waals surface area contributed by atoms with Crippen molar-refractivity contribution in [1.29, 1.82) is 5.26 Å². The number of aromatic nitrogens is 1. The standard InChI is InChI=1S/C22H16N2O/c23-13-15-9-11-16(12-10-15)22(18-6-2-4-8-21(18)25)19-14-24-20-7-3-1-5-17(19)20/h1-12,14,22,24-25H. The van der Waals surface area contributed by atoms with Crippen LogP contribution < -0.4 is 0 Å². The molecule has 120 valence electrons. The fraction of sp³-hybridized carbons (Fsp3) is 0.0455. The number of aromatic amines is 1. The van der Waals surface area contributed by atoms with Crippen molar-refractivity contribution in [2.45, 2.75) is 5.92 Å². The summed E-state index contributed by atoms with van der Waals surface area (Å²) in [4.78, 5) is 3.32. The number of benzene rings is 3. The van der Waals surface area contributed by atoms with Gasteiger partial charge in [-0.1, -0.05) is 48.5 Å². The van der Waals surface area contributed by atoms with Crippen LogP contribution in [0.3, 0.4) is 0 Å². The monoisotopic (exact) mass is 324 g/mol. The van der Waals surface area contributed by atoms with Crippen LogP contribution in [0.4, 0.5) is 0 Å². The minimum atomic E-state index is -0.120. The SMILES string of the molecule is N#Cc1ccc(C(c2ccccc2O)c2c[nH]c3ccccc23)cc1. The molecule has 0 aliphatic carbocycles. The summed E-state index contributed by atoms with van der Waals surface area (Å²) < 4.78 is 0. The van der Waals surface area contributed by atoms with Crippen molar-refractivity contribution in [3.63, 3.8) is 0 Å². The zero-order valence-corrected chi connectivity index (χ0v) is 13.5. The number of aromatic hydroxyl groups is 1. The van der Waals surface area contributed by atoms with E-state index in [9.17, 15) is 5.11 Å². The zero-order chi connectivity index (χ0) is 17.2. The lowest BCUT2D eigenvalue weighted by Crippen LogP contribution is -2.03. The summed E-state index contributed by atoms with van der Waals surface area (Å²) >= 11 is 0. The molecule has 0 saturated heterocycles. The molecule has 1 heterocycles. The maximum Gasteiger partial charge on any atom is 0.119 e. The third-order valence-corrected chi connectivity index (χ3v) is 4.55. The predicted octanol–water partition coefficient (Wildman–Crippen LogP) is 4.93. The van der Waals surface area contributed by atoms with Crippen molar-refractivity contribution in [2.75, 3.05) is 0 Å².